The molecule has 78 heavy (non-hydrogen) atoms. The van der Waals surface area contributed by atoms with E-state index in [9.17, 15) is 0 Å². The molecule has 0 bridgehead atoms. The van der Waals surface area contributed by atoms with E-state index < -0.39 is 16.2 Å². The molecule has 3 heteroatoms. The maximum atomic E-state index is 2.56. The van der Waals surface area contributed by atoms with Gasteiger partial charge < -0.3 is 4.90 Å². The number of anilines is 3. The summed E-state index contributed by atoms with van der Waals surface area (Å²) in [5, 5.41) is 0. The van der Waals surface area contributed by atoms with E-state index in [4.69, 9.17) is 0 Å². The maximum Gasteiger partial charge on any atom is 0.0735 e. The number of nitrogens with zero attached hydrogens (tertiary/aromatic N) is 1. The van der Waals surface area contributed by atoms with E-state index in [2.05, 4.69) is 290 Å². The number of rotatable bonds is 5. The van der Waals surface area contributed by atoms with Crippen molar-refractivity contribution in [1.29, 1.82) is 0 Å². The summed E-state index contributed by atoms with van der Waals surface area (Å²) in [6.07, 6.45) is 0. The van der Waals surface area contributed by atoms with E-state index >= 15 is 0 Å². The van der Waals surface area contributed by atoms with Gasteiger partial charge in [-0.2, -0.15) is 0 Å². The summed E-state index contributed by atoms with van der Waals surface area (Å²) in [5.74, 6) is 0. The van der Waals surface area contributed by atoms with Gasteiger partial charge in [0.1, 0.15) is 0 Å². The number of benzene rings is 12. The molecule has 0 amide bonds. The van der Waals surface area contributed by atoms with Gasteiger partial charge in [-0.05, 0) is 161 Å². The average Bonchev–Trinajstić information content (AvgIpc) is 4.08. The molecule has 0 N–H and O–H groups in total. The molecule has 2 aliphatic heterocycles. The third-order valence-electron chi connectivity index (χ3n) is 17.9. The van der Waals surface area contributed by atoms with E-state index in [1.54, 1.807) is 0 Å². The molecule has 0 fully saturated rings. The molecule has 1 nitrogen and oxygen atoms in total. The van der Waals surface area contributed by atoms with E-state index in [1.165, 1.54) is 120 Å². The largest absolute Gasteiger partial charge is 0.310 e. The summed E-state index contributed by atoms with van der Waals surface area (Å²) in [7, 11) is 0. The normalized spacial score (nSPS) is 15.1. The second kappa shape index (κ2) is 16.6. The number of hydrogen-bond donors (Lipinski definition) is 0. The lowest BCUT2D eigenvalue weighted by Crippen LogP contribution is -2.32. The van der Waals surface area contributed by atoms with Crippen molar-refractivity contribution in [3.63, 3.8) is 0 Å². The Morgan fingerprint density at radius 3 is 0.923 bits per heavy atom. The summed E-state index contributed by atoms with van der Waals surface area (Å²) in [4.78, 5) is 7.79. The van der Waals surface area contributed by atoms with Gasteiger partial charge in [0.05, 0.1) is 16.2 Å². The summed E-state index contributed by atoms with van der Waals surface area (Å²) in [5.41, 5.74) is 25.2. The van der Waals surface area contributed by atoms with Crippen LogP contribution in [0.4, 0.5) is 17.1 Å². The van der Waals surface area contributed by atoms with Gasteiger partial charge in [0.15, 0.2) is 0 Å². The molecule has 0 saturated heterocycles. The van der Waals surface area contributed by atoms with Crippen molar-refractivity contribution in [3.05, 3.63) is 352 Å². The lowest BCUT2D eigenvalue weighted by Gasteiger charge is -2.40. The molecule has 5 aliphatic rings. The molecule has 17 rings (SSSR count). The highest BCUT2D eigenvalue weighted by atomic mass is 32.2. The first kappa shape index (κ1) is 44.3. The summed E-state index contributed by atoms with van der Waals surface area (Å²) in [6, 6.07) is 108. The zero-order chi connectivity index (χ0) is 51.2. The third kappa shape index (κ3) is 5.69. The van der Waals surface area contributed by atoms with Crippen LogP contribution in [0.2, 0.25) is 0 Å². The van der Waals surface area contributed by atoms with Crippen molar-refractivity contribution in [3.8, 4) is 33.4 Å². The highest BCUT2D eigenvalue weighted by Crippen LogP contribution is 2.65. The Balaban J connectivity index is 0.946. The van der Waals surface area contributed by atoms with Crippen LogP contribution in [0.25, 0.3) is 33.4 Å². The molecular formula is C75H47NS2. The standard InChI is InChI=1S/C75H47NS2/c1-3-21-48(22-4-1)73(49-23-5-2-6-24-49)59-28-10-7-25-53(59)56-42-39-52(47-68(56)73)76(50-40-43-62-57(45-50)54-26-8-11-29-60(54)74(62)64-31-13-17-35-69(64)77-70-36-18-14-32-65(70)74)51-41-44-63-58(46-51)55-27-9-12-30-61(55)75(63)66-33-15-19-37-71(66)78-72-38-20-16-34-67(72)75/h1-47H. The molecular weight excluding hydrogens is 979 g/mol. The van der Waals surface area contributed by atoms with Crippen molar-refractivity contribution >= 4 is 40.6 Å². The van der Waals surface area contributed by atoms with Crippen LogP contribution in [0.1, 0.15) is 66.8 Å². The van der Waals surface area contributed by atoms with Crippen LogP contribution in [-0.2, 0) is 16.2 Å². The third-order valence-corrected chi connectivity index (χ3v) is 20.2. The van der Waals surface area contributed by atoms with Crippen molar-refractivity contribution in [1.82, 2.24) is 0 Å². The molecule has 12 aromatic rings. The minimum Gasteiger partial charge on any atom is -0.310 e. The molecule has 0 atom stereocenters. The Hall–Kier alpha value is -8.86. The summed E-state index contributed by atoms with van der Waals surface area (Å²) in [6.45, 7) is 0. The second-order valence-corrected chi connectivity index (χ2v) is 23.5. The average molecular weight is 1030 g/mol. The molecule has 2 spiro atoms. The van der Waals surface area contributed by atoms with Crippen molar-refractivity contribution in [2.24, 2.45) is 0 Å². The Kier molecular flexibility index (Phi) is 9.41. The maximum absolute atomic E-state index is 2.56. The van der Waals surface area contributed by atoms with Gasteiger partial charge in [-0.25, -0.2) is 0 Å². The van der Waals surface area contributed by atoms with E-state index in [1.807, 2.05) is 23.5 Å². The summed E-state index contributed by atoms with van der Waals surface area (Å²) < 4.78 is 0. The van der Waals surface area contributed by atoms with Gasteiger partial charge in [-0.15, -0.1) is 0 Å². The Morgan fingerprint density at radius 2 is 0.500 bits per heavy atom. The highest BCUT2D eigenvalue weighted by Gasteiger charge is 2.53. The fourth-order valence-electron chi connectivity index (χ4n) is 15.0. The first-order chi connectivity index (χ1) is 38.7. The lowest BCUT2D eigenvalue weighted by molar-refractivity contribution is 0.722. The summed E-state index contributed by atoms with van der Waals surface area (Å²) >= 11 is 3.79. The molecule has 2 heterocycles. The Bertz CT molecular complexity index is 4150. The first-order valence-electron chi connectivity index (χ1n) is 27.1. The predicted molar refractivity (Wildman–Crippen MR) is 321 cm³/mol. The van der Waals surface area contributed by atoms with Gasteiger partial charge >= 0.3 is 0 Å². The topological polar surface area (TPSA) is 3.24 Å². The van der Waals surface area contributed by atoms with Crippen LogP contribution in [0.3, 0.4) is 0 Å². The molecule has 364 valence electrons. The molecule has 0 aromatic heterocycles. The van der Waals surface area contributed by atoms with Crippen LogP contribution in [0.5, 0.6) is 0 Å². The minimum atomic E-state index is -0.567. The highest BCUT2D eigenvalue weighted by molar-refractivity contribution is 7.99. The minimum absolute atomic E-state index is 0.478. The second-order valence-electron chi connectivity index (χ2n) is 21.3. The number of hydrogen-bond acceptors (Lipinski definition) is 3. The zero-order valence-electron chi connectivity index (χ0n) is 42.4. The lowest BCUT2D eigenvalue weighted by atomic mass is 9.67. The van der Waals surface area contributed by atoms with Crippen LogP contribution in [-0.4, -0.2) is 0 Å². The van der Waals surface area contributed by atoms with Crippen LogP contribution >= 0.6 is 23.5 Å². The predicted octanol–water partition coefficient (Wildman–Crippen LogP) is 19.2. The first-order valence-corrected chi connectivity index (χ1v) is 28.7. The van der Waals surface area contributed by atoms with Gasteiger partial charge in [0, 0.05) is 36.6 Å². The SMILES string of the molecule is c1ccc(C2(c3ccccc3)c3ccccc3-c3ccc(N(c4ccc5c(c4)-c4ccccc4C54c5ccccc5Sc5ccccc54)c4ccc5c(c4)-c4ccccc4C54c5ccccc5Sc5ccccc54)cc32)cc1. The monoisotopic (exact) mass is 1030 g/mol. The molecule has 3 aliphatic carbocycles. The van der Waals surface area contributed by atoms with Gasteiger partial charge in [0.2, 0.25) is 0 Å². The van der Waals surface area contributed by atoms with E-state index in [0.717, 1.165) is 17.1 Å². The fourth-order valence-corrected chi connectivity index (χ4v) is 17.4. The zero-order valence-corrected chi connectivity index (χ0v) is 44.0. The van der Waals surface area contributed by atoms with Crippen molar-refractivity contribution < 1.29 is 0 Å². The van der Waals surface area contributed by atoms with Crippen LogP contribution < -0.4 is 4.90 Å². The van der Waals surface area contributed by atoms with Crippen LogP contribution in [0.15, 0.2) is 305 Å². The quantitative estimate of drug-likeness (QED) is 0.169. The molecule has 12 aromatic carbocycles. The van der Waals surface area contributed by atoms with Crippen molar-refractivity contribution in [2.45, 2.75) is 35.8 Å². The Labute approximate surface area is 463 Å². The Morgan fingerprint density at radius 1 is 0.205 bits per heavy atom. The molecule has 0 saturated carbocycles. The van der Waals surface area contributed by atoms with Crippen LogP contribution in [0, 0.1) is 0 Å². The van der Waals surface area contributed by atoms with E-state index in [0.29, 0.717) is 0 Å². The fraction of sp³-hybridized carbons (Fsp3) is 0.0400. The van der Waals surface area contributed by atoms with Gasteiger partial charge in [-0.1, -0.05) is 248 Å². The smallest absolute Gasteiger partial charge is 0.0735 e. The van der Waals surface area contributed by atoms with Gasteiger partial charge in [-0.3, -0.25) is 0 Å². The number of fused-ring (bicyclic) bond motifs is 21. The van der Waals surface area contributed by atoms with Gasteiger partial charge in [0.25, 0.3) is 0 Å². The van der Waals surface area contributed by atoms with E-state index in [-0.39, 0.29) is 0 Å². The molecule has 0 radical (unpaired) electrons. The molecule has 0 unspecified atom stereocenters. The van der Waals surface area contributed by atoms with Crippen molar-refractivity contribution in [2.75, 3.05) is 4.90 Å².